The Morgan fingerprint density at radius 1 is 0.900 bits per heavy atom. The molecule has 114 valence electrons. The number of carbonyl (C=O) groups excluding carboxylic acids is 1. The molecule has 2 saturated heterocycles. The number of hydrogen-bond donors (Lipinski definition) is 3. The summed E-state index contributed by atoms with van der Waals surface area (Å²) in [5, 5.41) is 7.09. The third kappa shape index (κ3) is 4.06. The zero-order valence-electron chi connectivity index (χ0n) is 12.7. The lowest BCUT2D eigenvalue weighted by Gasteiger charge is -2.25. The lowest BCUT2D eigenvalue weighted by atomic mass is 9.91. The van der Waals surface area contributed by atoms with E-state index in [4.69, 9.17) is 5.73 Å². The van der Waals surface area contributed by atoms with Crippen LogP contribution in [0.2, 0.25) is 0 Å². The van der Waals surface area contributed by atoms with Crippen molar-refractivity contribution >= 4 is 5.91 Å². The zero-order chi connectivity index (χ0) is 14.4. The van der Waals surface area contributed by atoms with E-state index in [-0.39, 0.29) is 11.9 Å². The highest BCUT2D eigenvalue weighted by atomic mass is 16.1. The maximum atomic E-state index is 12.0. The van der Waals surface area contributed by atoms with Crippen molar-refractivity contribution in [3.05, 3.63) is 11.1 Å². The molecule has 2 aliphatic heterocycles. The first-order chi connectivity index (χ1) is 9.70. The number of rotatable bonds is 3. The second-order valence-corrected chi connectivity index (χ2v) is 6.17. The van der Waals surface area contributed by atoms with Crippen LogP contribution in [0.1, 0.15) is 58.3 Å². The molecule has 0 aromatic rings. The molecule has 20 heavy (non-hydrogen) atoms. The fourth-order valence-corrected chi connectivity index (χ4v) is 3.50. The van der Waals surface area contributed by atoms with Gasteiger partial charge >= 0.3 is 0 Å². The van der Waals surface area contributed by atoms with E-state index in [2.05, 4.69) is 17.6 Å². The predicted octanol–water partition coefficient (Wildman–Crippen LogP) is 1.85. The third-order valence-corrected chi connectivity index (χ3v) is 4.68. The fourth-order valence-electron chi connectivity index (χ4n) is 3.50. The van der Waals surface area contributed by atoms with Crippen LogP contribution < -0.4 is 16.4 Å². The van der Waals surface area contributed by atoms with Gasteiger partial charge in [0.15, 0.2) is 0 Å². The highest BCUT2D eigenvalue weighted by Gasteiger charge is 2.25. The molecule has 2 atom stereocenters. The molecular weight excluding hydrogens is 250 g/mol. The summed E-state index contributed by atoms with van der Waals surface area (Å²) in [6.45, 7) is 4.13. The summed E-state index contributed by atoms with van der Waals surface area (Å²) in [5.41, 5.74) is 7.71. The molecule has 2 aliphatic rings. The van der Waals surface area contributed by atoms with Crippen molar-refractivity contribution in [1.29, 1.82) is 0 Å². The normalized spacial score (nSPS) is 30.1. The molecule has 0 bridgehead atoms. The Morgan fingerprint density at radius 2 is 1.45 bits per heavy atom. The number of carbonyl (C=O) groups is 1. The Labute approximate surface area is 122 Å². The molecule has 0 aromatic carbocycles. The van der Waals surface area contributed by atoms with Crippen molar-refractivity contribution in [3.63, 3.8) is 0 Å². The zero-order valence-corrected chi connectivity index (χ0v) is 12.7. The van der Waals surface area contributed by atoms with Crippen molar-refractivity contribution < 1.29 is 4.79 Å². The van der Waals surface area contributed by atoms with E-state index in [1.165, 1.54) is 44.1 Å². The van der Waals surface area contributed by atoms with Gasteiger partial charge in [0.05, 0.1) is 0 Å². The molecule has 4 N–H and O–H groups in total. The lowest BCUT2D eigenvalue weighted by molar-refractivity contribution is -0.115. The minimum Gasteiger partial charge on any atom is -0.366 e. The summed E-state index contributed by atoms with van der Waals surface area (Å²) in [5.74, 6) is -0.243. The van der Waals surface area contributed by atoms with Gasteiger partial charge in [0.1, 0.15) is 0 Å². The topological polar surface area (TPSA) is 67.2 Å². The van der Waals surface area contributed by atoms with Gasteiger partial charge in [0.2, 0.25) is 5.91 Å². The fraction of sp³-hybridized carbons (Fsp3) is 0.812. The highest BCUT2D eigenvalue weighted by molar-refractivity contribution is 5.94. The highest BCUT2D eigenvalue weighted by Crippen LogP contribution is 2.23. The van der Waals surface area contributed by atoms with Gasteiger partial charge in [0.25, 0.3) is 0 Å². The van der Waals surface area contributed by atoms with Gasteiger partial charge in [-0.15, -0.1) is 0 Å². The number of primary amides is 1. The average molecular weight is 279 g/mol. The lowest BCUT2D eigenvalue weighted by Crippen LogP contribution is -2.40. The molecule has 2 heterocycles. The Morgan fingerprint density at radius 3 is 2.05 bits per heavy atom. The van der Waals surface area contributed by atoms with Gasteiger partial charge in [-0.2, -0.15) is 0 Å². The molecule has 1 amide bonds. The van der Waals surface area contributed by atoms with E-state index < -0.39 is 0 Å². The first-order valence-electron chi connectivity index (χ1n) is 8.17. The van der Waals surface area contributed by atoms with Gasteiger partial charge in [-0.3, -0.25) is 4.79 Å². The maximum Gasteiger partial charge on any atom is 0.246 e. The smallest absolute Gasteiger partial charge is 0.246 e. The minimum atomic E-state index is -0.243. The quantitative estimate of drug-likeness (QED) is 0.691. The Hall–Kier alpha value is -0.870. The van der Waals surface area contributed by atoms with Crippen LogP contribution in [0.25, 0.3) is 0 Å². The summed E-state index contributed by atoms with van der Waals surface area (Å²) in [7, 11) is 0. The second-order valence-electron chi connectivity index (χ2n) is 6.17. The van der Waals surface area contributed by atoms with E-state index in [0.29, 0.717) is 6.04 Å². The van der Waals surface area contributed by atoms with Gasteiger partial charge in [-0.25, -0.2) is 0 Å². The van der Waals surface area contributed by atoms with E-state index in [1.807, 2.05) is 0 Å². The van der Waals surface area contributed by atoms with Crippen molar-refractivity contribution in [1.82, 2.24) is 10.6 Å². The largest absolute Gasteiger partial charge is 0.366 e. The van der Waals surface area contributed by atoms with Crippen molar-refractivity contribution in [3.8, 4) is 0 Å². The number of amides is 1. The van der Waals surface area contributed by atoms with Gasteiger partial charge in [-0.05, 0) is 51.3 Å². The molecule has 0 spiro atoms. The van der Waals surface area contributed by atoms with Crippen LogP contribution in [0, 0.1) is 0 Å². The molecule has 4 nitrogen and oxygen atoms in total. The summed E-state index contributed by atoms with van der Waals surface area (Å²) < 4.78 is 0. The van der Waals surface area contributed by atoms with E-state index in [1.54, 1.807) is 0 Å². The van der Waals surface area contributed by atoms with Crippen molar-refractivity contribution in [2.75, 3.05) is 13.1 Å². The Balaban J connectivity index is 2.19. The van der Waals surface area contributed by atoms with Crippen LogP contribution in [0.15, 0.2) is 11.1 Å². The van der Waals surface area contributed by atoms with E-state index in [0.717, 1.165) is 31.5 Å². The van der Waals surface area contributed by atoms with Crippen LogP contribution in [0.4, 0.5) is 0 Å². The van der Waals surface area contributed by atoms with Gasteiger partial charge in [-0.1, -0.05) is 25.7 Å². The average Bonchev–Trinajstić information content (AvgIpc) is 2.83. The van der Waals surface area contributed by atoms with Crippen LogP contribution >= 0.6 is 0 Å². The van der Waals surface area contributed by atoms with Crippen LogP contribution in [0.3, 0.4) is 0 Å². The number of nitrogens with one attached hydrogen (secondary N) is 2. The molecule has 0 aliphatic carbocycles. The Kier molecular flexibility index (Phi) is 6.05. The summed E-state index contributed by atoms with van der Waals surface area (Å²) in [6, 6.07) is 0.477. The van der Waals surface area contributed by atoms with Gasteiger partial charge in [0, 0.05) is 17.7 Å². The first-order valence-corrected chi connectivity index (χ1v) is 8.17. The molecule has 4 heteroatoms. The minimum absolute atomic E-state index is 0.153. The van der Waals surface area contributed by atoms with Crippen LogP contribution in [0.5, 0.6) is 0 Å². The molecule has 2 rings (SSSR count). The van der Waals surface area contributed by atoms with Crippen LogP contribution in [-0.2, 0) is 4.79 Å². The molecular formula is C16H29N3O. The van der Waals surface area contributed by atoms with E-state index >= 15 is 0 Å². The molecule has 2 unspecified atom stereocenters. The number of hydrogen-bond acceptors (Lipinski definition) is 3. The Bertz CT molecular complexity index is 349. The molecule has 0 radical (unpaired) electrons. The molecule has 0 saturated carbocycles. The summed E-state index contributed by atoms with van der Waals surface area (Å²) in [6.07, 6.45) is 9.53. The van der Waals surface area contributed by atoms with Crippen molar-refractivity contribution in [2.45, 2.75) is 70.4 Å². The second kappa shape index (κ2) is 7.79. The van der Waals surface area contributed by atoms with Crippen molar-refractivity contribution in [2.24, 2.45) is 5.73 Å². The van der Waals surface area contributed by atoms with Crippen LogP contribution in [-0.4, -0.2) is 31.1 Å². The molecule has 0 aromatic heterocycles. The maximum absolute atomic E-state index is 12.0. The third-order valence-electron chi connectivity index (χ3n) is 4.68. The SMILES string of the molecule is C/C(=C(/C(N)=O)C1CCCCCN1)C1CCCCCN1. The van der Waals surface area contributed by atoms with Gasteiger partial charge < -0.3 is 16.4 Å². The number of nitrogens with two attached hydrogens (primary N) is 1. The summed E-state index contributed by atoms with van der Waals surface area (Å²) in [4.78, 5) is 12.0. The predicted molar refractivity (Wildman–Crippen MR) is 82.4 cm³/mol. The van der Waals surface area contributed by atoms with E-state index in [9.17, 15) is 4.79 Å². The monoisotopic (exact) mass is 279 g/mol. The standard InChI is InChI=1S/C16H29N3O/c1-12(13-8-4-2-6-10-18-13)15(16(17)20)14-9-5-3-7-11-19-14/h13-14,18-19H,2-11H2,1H3,(H2,17,20)/b15-12-. The summed E-state index contributed by atoms with van der Waals surface area (Å²) >= 11 is 0. The molecule has 2 fully saturated rings. The first kappa shape index (κ1) is 15.5.